The number of aryl methyl sites for hydroxylation is 1. The van der Waals surface area contributed by atoms with E-state index in [0.29, 0.717) is 11.0 Å². The van der Waals surface area contributed by atoms with Crippen LogP contribution in [0.3, 0.4) is 0 Å². The van der Waals surface area contributed by atoms with E-state index in [1.54, 1.807) is 17.9 Å². The third kappa shape index (κ3) is 4.88. The van der Waals surface area contributed by atoms with E-state index in [0.717, 1.165) is 38.4 Å². The number of hydrogen-bond donors (Lipinski definition) is 1. The molecule has 0 aliphatic heterocycles. The molecule has 0 bridgehead atoms. The van der Waals surface area contributed by atoms with Crippen LogP contribution in [0.5, 0.6) is 0 Å². The third-order valence-corrected chi connectivity index (χ3v) is 3.22. The summed E-state index contributed by atoms with van der Waals surface area (Å²) in [4.78, 5) is 16.0. The second-order valence-corrected chi connectivity index (χ2v) is 4.91. The van der Waals surface area contributed by atoms with E-state index >= 15 is 0 Å². The largest absolute Gasteiger partial charge is 0.383 e. The van der Waals surface area contributed by atoms with Crippen molar-refractivity contribution in [2.45, 2.75) is 26.3 Å². The molecule has 0 radical (unpaired) electrons. The van der Waals surface area contributed by atoms with Crippen LogP contribution in [0.15, 0.2) is 15.5 Å². The lowest BCUT2D eigenvalue weighted by Crippen LogP contribution is -2.25. The van der Waals surface area contributed by atoms with Crippen molar-refractivity contribution in [1.82, 2.24) is 14.9 Å². The molecule has 0 spiro atoms. The highest BCUT2D eigenvalue weighted by molar-refractivity contribution is 9.10. The van der Waals surface area contributed by atoms with Crippen LogP contribution in [0.1, 0.15) is 18.7 Å². The van der Waals surface area contributed by atoms with Crippen molar-refractivity contribution >= 4 is 15.9 Å². The van der Waals surface area contributed by atoms with Gasteiger partial charge in [-0.15, -0.1) is 0 Å². The average molecular weight is 318 g/mol. The summed E-state index contributed by atoms with van der Waals surface area (Å²) in [7, 11) is 1.69. The Balaban J connectivity index is 2.32. The summed E-state index contributed by atoms with van der Waals surface area (Å²) in [5, 5.41) is 3.28. The Hall–Kier alpha value is -0.720. The first-order chi connectivity index (χ1) is 8.66. The van der Waals surface area contributed by atoms with Crippen molar-refractivity contribution in [2.24, 2.45) is 0 Å². The van der Waals surface area contributed by atoms with Gasteiger partial charge in [0.05, 0.1) is 6.61 Å². The first-order valence-corrected chi connectivity index (χ1v) is 6.87. The molecule has 0 aliphatic carbocycles. The van der Waals surface area contributed by atoms with Gasteiger partial charge >= 0.3 is 0 Å². The van der Waals surface area contributed by atoms with Gasteiger partial charge in [-0.25, -0.2) is 4.98 Å². The Morgan fingerprint density at radius 3 is 2.94 bits per heavy atom. The minimum absolute atomic E-state index is 0.00478. The zero-order valence-corrected chi connectivity index (χ0v) is 12.5. The van der Waals surface area contributed by atoms with Gasteiger partial charge in [-0.05, 0) is 42.2 Å². The van der Waals surface area contributed by atoms with E-state index in [9.17, 15) is 4.79 Å². The summed E-state index contributed by atoms with van der Waals surface area (Å²) in [6.07, 6.45) is 3.54. The highest BCUT2D eigenvalue weighted by Crippen LogP contribution is 2.02. The molecule has 0 unspecified atom stereocenters. The van der Waals surface area contributed by atoms with E-state index in [-0.39, 0.29) is 5.56 Å². The number of unbranched alkanes of at least 4 members (excludes halogenated alkanes) is 1. The van der Waals surface area contributed by atoms with Crippen molar-refractivity contribution < 1.29 is 4.74 Å². The number of nitrogens with one attached hydrogen (secondary N) is 1. The van der Waals surface area contributed by atoms with E-state index in [1.165, 1.54) is 0 Å². The van der Waals surface area contributed by atoms with Crippen LogP contribution >= 0.6 is 15.9 Å². The smallest absolute Gasteiger partial charge is 0.267 e. The van der Waals surface area contributed by atoms with Gasteiger partial charge in [-0.2, -0.15) is 0 Å². The van der Waals surface area contributed by atoms with E-state index < -0.39 is 0 Å². The number of aromatic nitrogens is 2. The van der Waals surface area contributed by atoms with Crippen LogP contribution in [0.25, 0.3) is 0 Å². The molecule has 0 amide bonds. The lowest BCUT2D eigenvalue weighted by atomic mass is 10.3. The first-order valence-electron chi connectivity index (χ1n) is 6.08. The van der Waals surface area contributed by atoms with Gasteiger partial charge in [0.1, 0.15) is 10.3 Å². The van der Waals surface area contributed by atoms with Crippen molar-refractivity contribution in [3.8, 4) is 0 Å². The lowest BCUT2D eigenvalue weighted by molar-refractivity contribution is 0.199. The van der Waals surface area contributed by atoms with Gasteiger partial charge in [0.15, 0.2) is 0 Å². The maximum atomic E-state index is 11.8. The number of halogens is 1. The standard InChI is InChI=1S/C12H20BrN3O2/c1-10-15-9-11(13)12(17)16(10)7-4-3-5-14-6-8-18-2/h9,14H,3-8H2,1-2H3. The first kappa shape index (κ1) is 15.3. The van der Waals surface area contributed by atoms with Gasteiger partial charge in [0.25, 0.3) is 5.56 Å². The van der Waals surface area contributed by atoms with E-state index in [2.05, 4.69) is 26.2 Å². The summed E-state index contributed by atoms with van der Waals surface area (Å²) in [6, 6.07) is 0. The summed E-state index contributed by atoms with van der Waals surface area (Å²) in [5.74, 6) is 0.760. The number of hydrogen-bond acceptors (Lipinski definition) is 4. The molecule has 1 aromatic rings. The number of methoxy groups -OCH3 is 1. The monoisotopic (exact) mass is 317 g/mol. The zero-order valence-electron chi connectivity index (χ0n) is 10.9. The molecule has 1 heterocycles. The zero-order chi connectivity index (χ0) is 13.4. The molecular formula is C12H20BrN3O2. The molecule has 0 saturated carbocycles. The maximum Gasteiger partial charge on any atom is 0.267 e. The fourth-order valence-corrected chi connectivity index (χ4v) is 1.95. The third-order valence-electron chi connectivity index (χ3n) is 2.67. The Labute approximate surface area is 116 Å². The summed E-state index contributed by atoms with van der Waals surface area (Å²) < 4.78 is 7.17. The minimum Gasteiger partial charge on any atom is -0.383 e. The molecule has 1 aromatic heterocycles. The van der Waals surface area contributed by atoms with Crippen molar-refractivity contribution in [2.75, 3.05) is 26.8 Å². The molecule has 5 nitrogen and oxygen atoms in total. The second-order valence-electron chi connectivity index (χ2n) is 4.06. The topological polar surface area (TPSA) is 56.1 Å². The Bertz CT molecular complexity index is 420. The highest BCUT2D eigenvalue weighted by atomic mass is 79.9. The average Bonchev–Trinajstić information content (AvgIpc) is 2.36. The molecular weight excluding hydrogens is 298 g/mol. The molecule has 0 aliphatic rings. The Kier molecular flexibility index (Phi) is 7.15. The molecule has 102 valence electrons. The molecule has 0 atom stereocenters. The van der Waals surface area contributed by atoms with Gasteiger partial charge in [-0.1, -0.05) is 0 Å². The van der Waals surface area contributed by atoms with Crippen molar-refractivity contribution in [3.05, 3.63) is 26.8 Å². The normalized spacial score (nSPS) is 10.8. The van der Waals surface area contributed by atoms with Crippen LogP contribution in [0.2, 0.25) is 0 Å². The Morgan fingerprint density at radius 1 is 1.44 bits per heavy atom. The molecule has 1 rings (SSSR count). The number of ether oxygens (including phenoxy) is 1. The van der Waals surface area contributed by atoms with Gasteiger partial charge < -0.3 is 10.1 Å². The predicted molar refractivity (Wildman–Crippen MR) is 74.9 cm³/mol. The van der Waals surface area contributed by atoms with E-state index in [4.69, 9.17) is 4.74 Å². The SMILES string of the molecule is COCCNCCCCn1c(C)ncc(Br)c1=O. The molecule has 6 heteroatoms. The molecule has 0 saturated heterocycles. The van der Waals surface area contributed by atoms with Gasteiger partial charge in [0.2, 0.25) is 0 Å². The fraction of sp³-hybridized carbons (Fsp3) is 0.667. The lowest BCUT2D eigenvalue weighted by Gasteiger charge is -2.09. The molecule has 1 N–H and O–H groups in total. The highest BCUT2D eigenvalue weighted by Gasteiger charge is 2.04. The minimum atomic E-state index is -0.00478. The summed E-state index contributed by atoms with van der Waals surface area (Å²) >= 11 is 3.21. The summed E-state index contributed by atoms with van der Waals surface area (Å²) in [5.41, 5.74) is -0.00478. The van der Waals surface area contributed by atoms with E-state index in [1.807, 2.05) is 6.92 Å². The number of rotatable bonds is 8. The van der Waals surface area contributed by atoms with Gasteiger partial charge in [0, 0.05) is 26.4 Å². The van der Waals surface area contributed by atoms with Crippen molar-refractivity contribution in [1.29, 1.82) is 0 Å². The van der Waals surface area contributed by atoms with Crippen LogP contribution in [0, 0.1) is 6.92 Å². The summed E-state index contributed by atoms with van der Waals surface area (Å²) in [6.45, 7) is 5.11. The maximum absolute atomic E-state index is 11.8. The molecule has 0 fully saturated rings. The fourth-order valence-electron chi connectivity index (χ4n) is 1.63. The molecule has 0 aromatic carbocycles. The quantitative estimate of drug-likeness (QED) is 0.735. The molecule has 18 heavy (non-hydrogen) atoms. The van der Waals surface area contributed by atoms with Crippen LogP contribution in [-0.4, -0.2) is 36.4 Å². The predicted octanol–water partition coefficient (Wildman–Crippen LogP) is 1.33. The van der Waals surface area contributed by atoms with Crippen molar-refractivity contribution in [3.63, 3.8) is 0 Å². The van der Waals surface area contributed by atoms with Crippen LogP contribution in [0.4, 0.5) is 0 Å². The van der Waals surface area contributed by atoms with Crippen LogP contribution < -0.4 is 10.9 Å². The second kappa shape index (κ2) is 8.39. The van der Waals surface area contributed by atoms with Gasteiger partial charge in [-0.3, -0.25) is 9.36 Å². The van der Waals surface area contributed by atoms with Crippen LogP contribution in [-0.2, 0) is 11.3 Å². The number of nitrogens with zero attached hydrogens (tertiary/aromatic N) is 2. The Morgan fingerprint density at radius 2 is 2.22 bits per heavy atom.